The summed E-state index contributed by atoms with van der Waals surface area (Å²) < 4.78 is 1.87. The van der Waals surface area contributed by atoms with Gasteiger partial charge in [0.25, 0.3) is 0 Å². The molecule has 0 bridgehead atoms. The van der Waals surface area contributed by atoms with Crippen LogP contribution >= 0.6 is 11.6 Å². The second-order valence-electron chi connectivity index (χ2n) is 5.32. The van der Waals surface area contributed by atoms with Crippen LogP contribution in [0.1, 0.15) is 31.2 Å². The Balaban J connectivity index is 1.95. The van der Waals surface area contributed by atoms with Crippen molar-refractivity contribution in [1.82, 2.24) is 14.7 Å². The first kappa shape index (κ1) is 13.8. The summed E-state index contributed by atoms with van der Waals surface area (Å²) in [5.74, 6) is 0.449. The highest BCUT2D eigenvalue weighted by molar-refractivity contribution is 6.31. The predicted molar refractivity (Wildman–Crippen MR) is 72.6 cm³/mol. The number of piperidine rings is 1. The molecule has 1 aromatic rings. The third-order valence-electron chi connectivity index (χ3n) is 3.95. The van der Waals surface area contributed by atoms with E-state index in [1.165, 1.54) is 0 Å². The lowest BCUT2D eigenvalue weighted by atomic mass is 9.92. The van der Waals surface area contributed by atoms with Gasteiger partial charge in [-0.25, -0.2) is 0 Å². The Morgan fingerprint density at radius 2 is 2.06 bits per heavy atom. The van der Waals surface area contributed by atoms with Gasteiger partial charge in [-0.2, -0.15) is 5.10 Å². The van der Waals surface area contributed by atoms with Crippen molar-refractivity contribution in [1.29, 1.82) is 0 Å². The molecule has 1 N–H and O–H groups in total. The fourth-order valence-corrected chi connectivity index (χ4v) is 2.88. The van der Waals surface area contributed by atoms with Crippen LogP contribution in [0, 0.1) is 12.8 Å². The van der Waals surface area contributed by atoms with Crippen molar-refractivity contribution in [2.24, 2.45) is 13.0 Å². The summed E-state index contributed by atoms with van der Waals surface area (Å²) in [5.41, 5.74) is 1.98. The maximum absolute atomic E-state index is 9.59. The van der Waals surface area contributed by atoms with E-state index in [-0.39, 0.29) is 6.10 Å². The lowest BCUT2D eigenvalue weighted by Crippen LogP contribution is -2.37. The molecule has 2 rings (SSSR count). The van der Waals surface area contributed by atoms with Gasteiger partial charge >= 0.3 is 0 Å². The van der Waals surface area contributed by atoms with Crippen LogP contribution in [-0.2, 0) is 13.6 Å². The van der Waals surface area contributed by atoms with E-state index in [0.29, 0.717) is 5.92 Å². The largest absolute Gasteiger partial charge is 0.393 e. The van der Waals surface area contributed by atoms with Gasteiger partial charge in [0.1, 0.15) is 0 Å². The summed E-state index contributed by atoms with van der Waals surface area (Å²) in [4.78, 5) is 2.39. The first-order valence-electron chi connectivity index (χ1n) is 6.57. The van der Waals surface area contributed by atoms with Gasteiger partial charge < -0.3 is 5.11 Å². The monoisotopic (exact) mass is 271 g/mol. The zero-order valence-corrected chi connectivity index (χ0v) is 12.1. The molecule has 0 spiro atoms. The second-order valence-corrected chi connectivity index (χ2v) is 5.70. The van der Waals surface area contributed by atoms with E-state index in [0.717, 1.165) is 48.9 Å². The number of likely N-dealkylation sites (tertiary alicyclic amines) is 1. The zero-order valence-electron chi connectivity index (χ0n) is 11.4. The number of aliphatic hydroxyl groups is 1. The quantitative estimate of drug-likeness (QED) is 0.914. The molecule has 18 heavy (non-hydrogen) atoms. The Labute approximate surface area is 114 Å². The van der Waals surface area contributed by atoms with Gasteiger partial charge in [0.2, 0.25) is 0 Å². The first-order chi connectivity index (χ1) is 8.49. The van der Waals surface area contributed by atoms with E-state index in [2.05, 4.69) is 10.00 Å². The molecule has 1 atom stereocenters. The fourth-order valence-electron chi connectivity index (χ4n) is 2.66. The predicted octanol–water partition coefficient (Wildman–Crippen LogP) is 1.97. The molecule has 0 aromatic carbocycles. The Bertz CT molecular complexity index is 409. The van der Waals surface area contributed by atoms with Crippen molar-refractivity contribution < 1.29 is 5.11 Å². The van der Waals surface area contributed by atoms with Crippen molar-refractivity contribution >= 4 is 11.6 Å². The van der Waals surface area contributed by atoms with Crippen LogP contribution < -0.4 is 0 Å². The van der Waals surface area contributed by atoms with Gasteiger partial charge in [0.15, 0.2) is 0 Å². The minimum atomic E-state index is -0.185. The van der Waals surface area contributed by atoms with Crippen molar-refractivity contribution in [2.75, 3.05) is 13.1 Å². The molecule has 0 aliphatic carbocycles. The van der Waals surface area contributed by atoms with E-state index < -0.39 is 0 Å². The highest BCUT2D eigenvalue weighted by Crippen LogP contribution is 2.25. The molecule has 1 unspecified atom stereocenters. The number of aliphatic hydroxyl groups excluding tert-OH is 1. The van der Waals surface area contributed by atoms with Crippen molar-refractivity contribution in [3.8, 4) is 0 Å². The number of hydrogen-bond donors (Lipinski definition) is 1. The van der Waals surface area contributed by atoms with Gasteiger partial charge in [-0.3, -0.25) is 9.58 Å². The molecule has 1 aliphatic rings. The molecule has 1 fully saturated rings. The van der Waals surface area contributed by atoms with Gasteiger partial charge in [-0.05, 0) is 45.7 Å². The normalized spacial score (nSPS) is 20.3. The topological polar surface area (TPSA) is 41.3 Å². The van der Waals surface area contributed by atoms with E-state index in [9.17, 15) is 5.11 Å². The van der Waals surface area contributed by atoms with Gasteiger partial charge in [0.05, 0.1) is 22.5 Å². The van der Waals surface area contributed by atoms with Crippen LogP contribution in [-0.4, -0.2) is 39.0 Å². The van der Waals surface area contributed by atoms with Gasteiger partial charge in [-0.1, -0.05) is 11.6 Å². The molecule has 0 saturated carbocycles. The van der Waals surface area contributed by atoms with Crippen LogP contribution in [0.4, 0.5) is 0 Å². The summed E-state index contributed by atoms with van der Waals surface area (Å²) in [7, 11) is 1.94. The molecule has 1 aromatic heterocycles. The summed E-state index contributed by atoms with van der Waals surface area (Å²) in [6.45, 7) is 6.72. The Morgan fingerprint density at radius 3 is 2.50 bits per heavy atom. The molecule has 4 nitrogen and oxygen atoms in total. The molecule has 1 saturated heterocycles. The third-order valence-corrected chi connectivity index (χ3v) is 4.44. The molecular weight excluding hydrogens is 250 g/mol. The third kappa shape index (κ3) is 2.87. The van der Waals surface area contributed by atoms with Crippen LogP contribution in [0.25, 0.3) is 0 Å². The SMILES string of the molecule is Cc1nn(C)c(CN2CCC(C(C)O)CC2)c1Cl. The molecule has 1 aliphatic heterocycles. The average Bonchev–Trinajstić information content (AvgIpc) is 2.57. The lowest BCUT2D eigenvalue weighted by molar-refractivity contribution is 0.0688. The zero-order chi connectivity index (χ0) is 13.3. The van der Waals surface area contributed by atoms with Crippen LogP contribution in [0.3, 0.4) is 0 Å². The maximum Gasteiger partial charge on any atom is 0.0860 e. The number of nitrogens with zero attached hydrogens (tertiary/aromatic N) is 3. The first-order valence-corrected chi connectivity index (χ1v) is 6.95. The summed E-state index contributed by atoms with van der Waals surface area (Å²) in [6, 6.07) is 0. The molecule has 5 heteroatoms. The Hall–Kier alpha value is -0.580. The van der Waals surface area contributed by atoms with Crippen LogP contribution in [0.2, 0.25) is 5.02 Å². The standard InChI is InChI=1S/C13H22ClN3O/c1-9-13(14)12(16(3)15-9)8-17-6-4-11(5-7-17)10(2)18/h10-11,18H,4-8H2,1-3H3. The lowest BCUT2D eigenvalue weighted by Gasteiger charge is -2.33. The number of rotatable bonds is 3. The van der Waals surface area contributed by atoms with E-state index in [4.69, 9.17) is 11.6 Å². The highest BCUT2D eigenvalue weighted by atomic mass is 35.5. The molecule has 102 valence electrons. The van der Waals surface area contributed by atoms with Gasteiger partial charge in [-0.15, -0.1) is 0 Å². The van der Waals surface area contributed by atoms with E-state index in [1.807, 2.05) is 25.6 Å². The Morgan fingerprint density at radius 1 is 1.44 bits per heavy atom. The smallest absolute Gasteiger partial charge is 0.0860 e. The average molecular weight is 272 g/mol. The van der Waals surface area contributed by atoms with Gasteiger partial charge in [0, 0.05) is 13.6 Å². The van der Waals surface area contributed by atoms with Crippen molar-refractivity contribution in [2.45, 2.75) is 39.3 Å². The molecule has 0 radical (unpaired) electrons. The summed E-state index contributed by atoms with van der Waals surface area (Å²) in [5, 5.41) is 14.7. The van der Waals surface area contributed by atoms with Crippen molar-refractivity contribution in [3.05, 3.63) is 16.4 Å². The summed E-state index contributed by atoms with van der Waals surface area (Å²) in [6.07, 6.45) is 1.94. The number of aryl methyl sites for hydroxylation is 2. The minimum Gasteiger partial charge on any atom is -0.393 e. The number of hydrogen-bond acceptors (Lipinski definition) is 3. The fraction of sp³-hybridized carbons (Fsp3) is 0.769. The van der Waals surface area contributed by atoms with E-state index in [1.54, 1.807) is 0 Å². The summed E-state index contributed by atoms with van der Waals surface area (Å²) >= 11 is 6.26. The van der Waals surface area contributed by atoms with E-state index >= 15 is 0 Å². The second kappa shape index (κ2) is 5.59. The molecule has 2 heterocycles. The van der Waals surface area contributed by atoms with Crippen molar-refractivity contribution in [3.63, 3.8) is 0 Å². The van der Waals surface area contributed by atoms with Crippen LogP contribution in [0.15, 0.2) is 0 Å². The number of halogens is 1. The molecule has 0 amide bonds. The maximum atomic E-state index is 9.59. The Kier molecular flexibility index (Phi) is 4.30. The highest BCUT2D eigenvalue weighted by Gasteiger charge is 2.24. The van der Waals surface area contributed by atoms with Crippen LogP contribution in [0.5, 0.6) is 0 Å². The number of aromatic nitrogens is 2. The molecular formula is C13H22ClN3O. The minimum absolute atomic E-state index is 0.185.